The molecular formula is C18H15FN2O4S. The average Bonchev–Trinajstić information content (AvgIpc) is 2.95. The summed E-state index contributed by atoms with van der Waals surface area (Å²) in [5.74, 6) is -1.69. The van der Waals surface area contributed by atoms with Crippen molar-refractivity contribution in [2.75, 3.05) is 6.61 Å². The number of Topliss-reactive ketones (excluding diaryl/α,β-unsaturated/α-hetero) is 1. The van der Waals surface area contributed by atoms with Crippen molar-refractivity contribution in [1.82, 2.24) is 9.55 Å². The second-order valence-corrected chi connectivity index (χ2v) is 6.54. The maximum atomic E-state index is 13.8. The highest BCUT2D eigenvalue weighted by molar-refractivity contribution is 7.20. The van der Waals surface area contributed by atoms with Gasteiger partial charge >= 0.3 is 5.97 Å². The Bertz CT molecular complexity index is 1070. The zero-order chi connectivity index (χ0) is 18.8. The summed E-state index contributed by atoms with van der Waals surface area (Å²) in [5.41, 5.74) is -0.0774. The number of hydrogen-bond acceptors (Lipinski definition) is 6. The number of ether oxygens (including phenoxy) is 1. The number of carbonyl (C=O) groups is 2. The minimum Gasteiger partial charge on any atom is -0.462 e. The van der Waals surface area contributed by atoms with Crippen molar-refractivity contribution in [1.29, 1.82) is 0 Å². The molecule has 0 unspecified atom stereocenters. The number of hydrogen-bond donors (Lipinski definition) is 0. The number of fused-ring (bicyclic) bond motifs is 1. The van der Waals surface area contributed by atoms with E-state index in [9.17, 15) is 18.8 Å². The minimum atomic E-state index is -0.643. The molecule has 0 aliphatic carbocycles. The second-order valence-electron chi connectivity index (χ2n) is 5.54. The Morgan fingerprint density at radius 3 is 2.73 bits per heavy atom. The van der Waals surface area contributed by atoms with Crippen molar-refractivity contribution in [3.8, 4) is 0 Å². The summed E-state index contributed by atoms with van der Waals surface area (Å²) in [6.45, 7) is 3.21. The standard InChI is InChI=1S/C18H15FN2O4S/c1-3-25-18(24)15-10(2)14-16(26-15)20-9-21(17(14)23)8-13(22)11-6-4-5-7-12(11)19/h4-7,9H,3,8H2,1-2H3. The van der Waals surface area contributed by atoms with Crippen molar-refractivity contribution in [2.24, 2.45) is 0 Å². The van der Waals surface area contributed by atoms with Gasteiger partial charge in [0.15, 0.2) is 5.78 Å². The van der Waals surface area contributed by atoms with Crippen molar-refractivity contribution in [2.45, 2.75) is 20.4 Å². The van der Waals surface area contributed by atoms with Gasteiger partial charge in [-0.25, -0.2) is 14.2 Å². The largest absolute Gasteiger partial charge is 0.462 e. The van der Waals surface area contributed by atoms with Crippen LogP contribution < -0.4 is 5.56 Å². The number of aromatic nitrogens is 2. The molecule has 2 heterocycles. The van der Waals surface area contributed by atoms with E-state index in [4.69, 9.17) is 4.74 Å². The first-order valence-electron chi connectivity index (χ1n) is 7.87. The summed E-state index contributed by atoms with van der Waals surface area (Å²) >= 11 is 1.07. The quantitative estimate of drug-likeness (QED) is 0.507. The summed E-state index contributed by atoms with van der Waals surface area (Å²) in [6.07, 6.45) is 1.23. The fourth-order valence-corrected chi connectivity index (χ4v) is 3.62. The number of ketones is 1. The number of aryl methyl sites for hydroxylation is 1. The average molecular weight is 374 g/mol. The Hall–Kier alpha value is -2.87. The lowest BCUT2D eigenvalue weighted by molar-refractivity contribution is 0.0531. The molecule has 0 N–H and O–H groups in total. The van der Waals surface area contributed by atoms with Crippen LogP contribution in [-0.4, -0.2) is 27.9 Å². The van der Waals surface area contributed by atoms with E-state index < -0.39 is 23.1 Å². The van der Waals surface area contributed by atoms with Gasteiger partial charge in [-0.2, -0.15) is 0 Å². The highest BCUT2D eigenvalue weighted by atomic mass is 32.1. The van der Waals surface area contributed by atoms with E-state index in [-0.39, 0.29) is 24.1 Å². The van der Waals surface area contributed by atoms with E-state index in [0.717, 1.165) is 15.9 Å². The Labute approximate surface area is 151 Å². The fraction of sp³-hybridized carbons (Fsp3) is 0.222. The number of rotatable bonds is 5. The van der Waals surface area contributed by atoms with E-state index in [2.05, 4.69) is 4.98 Å². The Morgan fingerprint density at radius 2 is 2.04 bits per heavy atom. The van der Waals surface area contributed by atoms with Crippen LogP contribution in [0.3, 0.4) is 0 Å². The molecule has 0 aliphatic heterocycles. The number of nitrogens with zero attached hydrogens (tertiary/aromatic N) is 2. The van der Waals surface area contributed by atoms with Gasteiger partial charge in [-0.3, -0.25) is 14.2 Å². The van der Waals surface area contributed by atoms with Gasteiger partial charge in [0, 0.05) is 0 Å². The topological polar surface area (TPSA) is 78.3 Å². The van der Waals surface area contributed by atoms with Crippen molar-refractivity contribution in [3.63, 3.8) is 0 Å². The third-order valence-corrected chi connectivity index (χ3v) is 5.05. The molecule has 2 aromatic heterocycles. The molecule has 134 valence electrons. The van der Waals surface area contributed by atoms with Crippen LogP contribution in [0, 0.1) is 12.7 Å². The predicted octanol–water partition coefficient (Wildman–Crippen LogP) is 2.97. The molecule has 0 spiro atoms. The summed E-state index contributed by atoms with van der Waals surface area (Å²) in [5, 5.41) is 0.266. The molecule has 3 rings (SSSR count). The molecule has 0 atom stereocenters. The summed E-state index contributed by atoms with van der Waals surface area (Å²) in [6, 6.07) is 5.59. The van der Waals surface area contributed by atoms with Gasteiger partial charge in [-0.15, -0.1) is 11.3 Å². The molecule has 0 fully saturated rings. The Morgan fingerprint density at radius 1 is 1.31 bits per heavy atom. The molecule has 0 saturated carbocycles. The molecule has 0 aliphatic rings. The Balaban J connectivity index is 2.01. The van der Waals surface area contributed by atoms with Crippen LogP contribution in [0.2, 0.25) is 0 Å². The molecule has 6 nitrogen and oxygen atoms in total. The van der Waals surface area contributed by atoms with Crippen LogP contribution in [-0.2, 0) is 11.3 Å². The lowest BCUT2D eigenvalue weighted by Gasteiger charge is -2.06. The number of halogens is 1. The van der Waals surface area contributed by atoms with E-state index in [1.807, 2.05) is 0 Å². The highest BCUT2D eigenvalue weighted by Gasteiger charge is 2.21. The normalized spacial score (nSPS) is 10.9. The van der Waals surface area contributed by atoms with E-state index in [1.54, 1.807) is 19.9 Å². The molecular weight excluding hydrogens is 359 g/mol. The lowest BCUT2D eigenvalue weighted by atomic mass is 10.1. The van der Waals surface area contributed by atoms with Crippen LogP contribution in [0.4, 0.5) is 4.39 Å². The molecule has 26 heavy (non-hydrogen) atoms. The summed E-state index contributed by atoms with van der Waals surface area (Å²) in [4.78, 5) is 41.9. The molecule has 0 radical (unpaired) electrons. The van der Waals surface area contributed by atoms with Gasteiger partial charge in [-0.1, -0.05) is 12.1 Å². The van der Waals surface area contributed by atoms with Crippen molar-refractivity contribution in [3.05, 3.63) is 62.8 Å². The lowest BCUT2D eigenvalue weighted by Crippen LogP contribution is -2.25. The second kappa shape index (κ2) is 7.17. The number of carbonyl (C=O) groups excluding carboxylic acids is 2. The highest BCUT2D eigenvalue weighted by Crippen LogP contribution is 2.27. The Kier molecular flexibility index (Phi) is 4.94. The first-order valence-corrected chi connectivity index (χ1v) is 8.69. The van der Waals surface area contributed by atoms with E-state index in [0.29, 0.717) is 15.3 Å². The SMILES string of the molecule is CCOC(=O)c1sc2ncn(CC(=O)c3ccccc3F)c(=O)c2c1C. The molecule has 0 amide bonds. The van der Waals surface area contributed by atoms with Crippen LogP contribution in [0.1, 0.15) is 32.5 Å². The third-order valence-electron chi connectivity index (χ3n) is 3.87. The van der Waals surface area contributed by atoms with Gasteiger partial charge in [-0.05, 0) is 31.5 Å². The maximum Gasteiger partial charge on any atom is 0.348 e. The minimum absolute atomic E-state index is 0.0891. The molecule has 1 aromatic carbocycles. The summed E-state index contributed by atoms with van der Waals surface area (Å²) < 4.78 is 19.9. The first kappa shape index (κ1) is 17.9. The van der Waals surface area contributed by atoms with Crippen LogP contribution >= 0.6 is 11.3 Å². The van der Waals surface area contributed by atoms with E-state index >= 15 is 0 Å². The third kappa shape index (κ3) is 3.15. The molecule has 3 aromatic rings. The van der Waals surface area contributed by atoms with E-state index in [1.165, 1.54) is 24.5 Å². The number of esters is 1. The zero-order valence-corrected chi connectivity index (χ0v) is 14.9. The van der Waals surface area contributed by atoms with Crippen LogP contribution in [0.25, 0.3) is 10.2 Å². The molecule has 0 saturated heterocycles. The number of benzene rings is 1. The summed E-state index contributed by atoms with van der Waals surface area (Å²) in [7, 11) is 0. The first-order chi connectivity index (χ1) is 12.4. The van der Waals surface area contributed by atoms with Crippen molar-refractivity contribution < 1.29 is 18.7 Å². The smallest absolute Gasteiger partial charge is 0.348 e. The van der Waals surface area contributed by atoms with Gasteiger partial charge < -0.3 is 4.74 Å². The van der Waals surface area contributed by atoms with Gasteiger partial charge in [0.2, 0.25) is 0 Å². The van der Waals surface area contributed by atoms with Gasteiger partial charge in [0.05, 0.1) is 30.4 Å². The predicted molar refractivity (Wildman–Crippen MR) is 95.3 cm³/mol. The zero-order valence-electron chi connectivity index (χ0n) is 14.1. The van der Waals surface area contributed by atoms with Crippen LogP contribution in [0.5, 0.6) is 0 Å². The van der Waals surface area contributed by atoms with Crippen molar-refractivity contribution >= 4 is 33.3 Å². The monoisotopic (exact) mass is 374 g/mol. The molecule has 0 bridgehead atoms. The maximum absolute atomic E-state index is 13.8. The number of thiophene rings is 1. The van der Waals surface area contributed by atoms with Crippen LogP contribution in [0.15, 0.2) is 35.4 Å². The van der Waals surface area contributed by atoms with Gasteiger partial charge in [0.1, 0.15) is 15.5 Å². The van der Waals surface area contributed by atoms with Gasteiger partial charge in [0.25, 0.3) is 5.56 Å². The molecule has 8 heteroatoms. The fourth-order valence-electron chi connectivity index (χ4n) is 2.59.